The van der Waals surface area contributed by atoms with Crippen molar-refractivity contribution in [1.29, 1.82) is 0 Å². The van der Waals surface area contributed by atoms with E-state index >= 15 is 0 Å². The molecule has 2 aliphatic rings. The minimum atomic E-state index is -0.147. The van der Waals surface area contributed by atoms with Crippen LogP contribution >= 0.6 is 0 Å². The van der Waals surface area contributed by atoms with E-state index in [1.807, 2.05) is 26.0 Å². The van der Waals surface area contributed by atoms with Crippen LogP contribution in [0.1, 0.15) is 42.6 Å². The van der Waals surface area contributed by atoms with Crippen molar-refractivity contribution < 1.29 is 23.5 Å². The molecule has 2 aliphatic heterocycles. The van der Waals surface area contributed by atoms with Crippen LogP contribution in [0.3, 0.4) is 0 Å². The van der Waals surface area contributed by atoms with E-state index in [0.29, 0.717) is 49.5 Å². The SMILES string of the molecule is CCOc1cc2c(cc1NC(=O)C1CCN(C(=O)c3ccoc3)CC1)OC(C)C2. The fourth-order valence-corrected chi connectivity index (χ4v) is 3.96. The fourth-order valence-electron chi connectivity index (χ4n) is 3.96. The number of rotatable bonds is 5. The van der Waals surface area contributed by atoms with Gasteiger partial charge in [-0.1, -0.05) is 0 Å². The lowest BCUT2D eigenvalue weighted by Crippen LogP contribution is -2.41. The normalized spacial score (nSPS) is 18.8. The van der Waals surface area contributed by atoms with Crippen molar-refractivity contribution in [1.82, 2.24) is 4.90 Å². The van der Waals surface area contributed by atoms with Crippen LogP contribution < -0.4 is 14.8 Å². The highest BCUT2D eigenvalue weighted by Gasteiger charge is 2.29. The van der Waals surface area contributed by atoms with Crippen LogP contribution in [0.25, 0.3) is 0 Å². The van der Waals surface area contributed by atoms with Crippen molar-refractivity contribution in [2.24, 2.45) is 5.92 Å². The van der Waals surface area contributed by atoms with Crippen molar-refractivity contribution in [3.63, 3.8) is 0 Å². The molecule has 0 radical (unpaired) electrons. The number of hydrogen-bond acceptors (Lipinski definition) is 5. The molecule has 1 aromatic carbocycles. The first-order valence-corrected chi connectivity index (χ1v) is 10.1. The summed E-state index contributed by atoms with van der Waals surface area (Å²) in [6, 6.07) is 5.48. The van der Waals surface area contributed by atoms with Gasteiger partial charge in [-0.2, -0.15) is 0 Å². The molecule has 29 heavy (non-hydrogen) atoms. The molecule has 0 bridgehead atoms. The molecule has 1 atom stereocenters. The molecule has 4 rings (SSSR count). The lowest BCUT2D eigenvalue weighted by atomic mass is 9.95. The highest BCUT2D eigenvalue weighted by Crippen LogP contribution is 2.38. The third-order valence-electron chi connectivity index (χ3n) is 5.48. The van der Waals surface area contributed by atoms with Gasteiger partial charge in [0.1, 0.15) is 23.9 Å². The Morgan fingerprint density at radius 3 is 2.76 bits per heavy atom. The van der Waals surface area contributed by atoms with Crippen LogP contribution in [0.2, 0.25) is 0 Å². The van der Waals surface area contributed by atoms with Gasteiger partial charge in [-0.25, -0.2) is 0 Å². The number of ether oxygens (including phenoxy) is 2. The van der Waals surface area contributed by atoms with E-state index < -0.39 is 0 Å². The first kappa shape index (κ1) is 19.4. The Morgan fingerprint density at radius 2 is 2.07 bits per heavy atom. The van der Waals surface area contributed by atoms with Gasteiger partial charge >= 0.3 is 0 Å². The molecule has 2 amide bonds. The Hall–Kier alpha value is -2.96. The highest BCUT2D eigenvalue weighted by molar-refractivity contribution is 5.96. The second-order valence-electron chi connectivity index (χ2n) is 7.59. The second kappa shape index (κ2) is 8.19. The number of furan rings is 1. The second-order valence-corrected chi connectivity index (χ2v) is 7.59. The van der Waals surface area contributed by atoms with E-state index in [4.69, 9.17) is 13.9 Å². The quantitative estimate of drug-likeness (QED) is 0.834. The summed E-state index contributed by atoms with van der Waals surface area (Å²) in [6.45, 7) is 5.56. The van der Waals surface area contributed by atoms with E-state index in [0.717, 1.165) is 17.7 Å². The molecule has 1 aromatic heterocycles. The summed E-state index contributed by atoms with van der Waals surface area (Å²) in [5, 5.41) is 3.02. The van der Waals surface area contributed by atoms with E-state index in [-0.39, 0.29) is 23.8 Å². The first-order valence-electron chi connectivity index (χ1n) is 10.1. The molecule has 0 spiro atoms. The van der Waals surface area contributed by atoms with E-state index in [1.165, 1.54) is 12.5 Å². The maximum atomic E-state index is 12.9. The summed E-state index contributed by atoms with van der Waals surface area (Å²) in [5.74, 6) is 1.22. The summed E-state index contributed by atoms with van der Waals surface area (Å²) in [5.41, 5.74) is 2.29. The number of anilines is 1. The molecule has 7 nitrogen and oxygen atoms in total. The third-order valence-corrected chi connectivity index (χ3v) is 5.48. The highest BCUT2D eigenvalue weighted by atomic mass is 16.5. The maximum Gasteiger partial charge on any atom is 0.257 e. The van der Waals surface area contributed by atoms with Gasteiger partial charge in [-0.15, -0.1) is 0 Å². The lowest BCUT2D eigenvalue weighted by Gasteiger charge is -2.31. The minimum Gasteiger partial charge on any atom is -0.492 e. The summed E-state index contributed by atoms with van der Waals surface area (Å²) in [6.07, 6.45) is 5.16. The molecule has 2 aromatic rings. The number of hydrogen-bond donors (Lipinski definition) is 1. The van der Waals surface area contributed by atoms with Crippen LogP contribution in [0.5, 0.6) is 11.5 Å². The van der Waals surface area contributed by atoms with Crippen molar-refractivity contribution >= 4 is 17.5 Å². The Bertz CT molecular complexity index is 885. The summed E-state index contributed by atoms with van der Waals surface area (Å²) in [4.78, 5) is 27.1. The topological polar surface area (TPSA) is 81.0 Å². The number of likely N-dealkylation sites (tertiary alicyclic amines) is 1. The van der Waals surface area contributed by atoms with E-state index in [9.17, 15) is 9.59 Å². The molecular formula is C22H26N2O5. The average molecular weight is 398 g/mol. The Kier molecular flexibility index (Phi) is 5.47. The first-order chi connectivity index (χ1) is 14.0. The molecule has 7 heteroatoms. The Balaban J connectivity index is 1.40. The Labute approximate surface area is 170 Å². The number of amides is 2. The molecule has 1 N–H and O–H groups in total. The molecule has 1 unspecified atom stereocenters. The lowest BCUT2D eigenvalue weighted by molar-refractivity contribution is -0.121. The van der Waals surface area contributed by atoms with Gasteiger partial charge < -0.3 is 24.1 Å². The zero-order chi connectivity index (χ0) is 20.4. The summed E-state index contributed by atoms with van der Waals surface area (Å²) < 4.78 is 16.6. The number of carbonyl (C=O) groups excluding carboxylic acids is 2. The summed E-state index contributed by atoms with van der Waals surface area (Å²) >= 11 is 0. The number of piperidine rings is 1. The maximum absolute atomic E-state index is 12.9. The largest absolute Gasteiger partial charge is 0.492 e. The van der Waals surface area contributed by atoms with Crippen LogP contribution in [0, 0.1) is 5.92 Å². The van der Waals surface area contributed by atoms with Crippen LogP contribution in [-0.2, 0) is 11.2 Å². The van der Waals surface area contributed by atoms with E-state index in [1.54, 1.807) is 11.0 Å². The van der Waals surface area contributed by atoms with Crippen LogP contribution in [-0.4, -0.2) is 42.5 Å². The average Bonchev–Trinajstić information content (AvgIpc) is 3.37. The van der Waals surface area contributed by atoms with Crippen LogP contribution in [0.15, 0.2) is 35.1 Å². The van der Waals surface area contributed by atoms with Crippen molar-refractivity contribution in [2.75, 3.05) is 25.0 Å². The van der Waals surface area contributed by atoms with Crippen LogP contribution in [0.4, 0.5) is 5.69 Å². The number of carbonyl (C=O) groups is 2. The predicted octanol–water partition coefficient (Wildman–Crippen LogP) is 3.49. The van der Waals surface area contributed by atoms with Gasteiger partial charge in [0.05, 0.1) is 24.1 Å². The van der Waals surface area contributed by atoms with Gasteiger partial charge in [0.15, 0.2) is 0 Å². The number of fused-ring (bicyclic) bond motifs is 1. The molecule has 3 heterocycles. The number of benzene rings is 1. The molecular weight excluding hydrogens is 372 g/mol. The number of nitrogens with one attached hydrogen (secondary N) is 1. The fraction of sp³-hybridized carbons (Fsp3) is 0.455. The molecule has 1 saturated heterocycles. The smallest absolute Gasteiger partial charge is 0.257 e. The molecule has 0 saturated carbocycles. The van der Waals surface area contributed by atoms with Gasteiger partial charge in [0.25, 0.3) is 5.91 Å². The predicted molar refractivity (Wildman–Crippen MR) is 107 cm³/mol. The zero-order valence-corrected chi connectivity index (χ0v) is 16.8. The van der Waals surface area contributed by atoms with Gasteiger partial charge in [0.2, 0.25) is 5.91 Å². The monoisotopic (exact) mass is 398 g/mol. The van der Waals surface area contributed by atoms with Gasteiger partial charge in [-0.05, 0) is 38.8 Å². The van der Waals surface area contributed by atoms with Crippen molar-refractivity contribution in [3.05, 3.63) is 41.9 Å². The van der Waals surface area contributed by atoms with Gasteiger partial charge in [-0.3, -0.25) is 9.59 Å². The van der Waals surface area contributed by atoms with Gasteiger partial charge in [0, 0.05) is 37.1 Å². The minimum absolute atomic E-state index is 0.0487. The third kappa shape index (κ3) is 4.09. The molecule has 154 valence electrons. The summed E-state index contributed by atoms with van der Waals surface area (Å²) in [7, 11) is 0. The van der Waals surface area contributed by atoms with E-state index in [2.05, 4.69) is 5.32 Å². The van der Waals surface area contributed by atoms with Crippen molar-refractivity contribution in [2.45, 2.75) is 39.2 Å². The Morgan fingerprint density at radius 1 is 1.28 bits per heavy atom. The number of nitrogens with zero attached hydrogens (tertiary/aromatic N) is 1. The standard InChI is InChI=1S/C22H26N2O5/c1-3-28-20-11-17-10-14(2)29-19(17)12-18(20)23-21(25)15-4-7-24(8-5-15)22(26)16-6-9-27-13-16/h6,9,11-15H,3-5,7-8,10H2,1-2H3,(H,23,25). The van der Waals surface area contributed by atoms with Crippen molar-refractivity contribution in [3.8, 4) is 11.5 Å². The zero-order valence-electron chi connectivity index (χ0n) is 16.8. The molecule has 1 fully saturated rings. The molecule has 0 aliphatic carbocycles.